The van der Waals surface area contributed by atoms with Gasteiger partial charge < -0.3 is 24.4 Å². The van der Waals surface area contributed by atoms with Crippen LogP contribution in [0.25, 0.3) is 0 Å². The molecule has 1 aliphatic rings. The molecule has 3 aromatic rings. The Balaban J connectivity index is 1.59. The Morgan fingerprint density at radius 2 is 1.85 bits per heavy atom. The molecule has 33 heavy (non-hydrogen) atoms. The van der Waals surface area contributed by atoms with Gasteiger partial charge in [-0.2, -0.15) is 0 Å². The fourth-order valence-corrected chi connectivity index (χ4v) is 3.18. The Hall–Kier alpha value is -4.28. The van der Waals surface area contributed by atoms with E-state index < -0.39 is 5.91 Å². The van der Waals surface area contributed by atoms with Crippen molar-refractivity contribution < 1.29 is 23.8 Å². The first kappa shape index (κ1) is 21.9. The van der Waals surface area contributed by atoms with Crippen molar-refractivity contribution in [2.75, 3.05) is 26.5 Å². The summed E-state index contributed by atoms with van der Waals surface area (Å²) in [6.07, 6.45) is 6.18. The summed E-state index contributed by atoms with van der Waals surface area (Å²) in [5.41, 5.74) is 1.15. The number of hydrogen-bond donors (Lipinski definition) is 1. The van der Waals surface area contributed by atoms with Gasteiger partial charge in [-0.3, -0.25) is 9.59 Å². The number of anilines is 1. The lowest BCUT2D eigenvalue weighted by Gasteiger charge is -2.13. The molecule has 1 aliphatic heterocycles. The van der Waals surface area contributed by atoms with E-state index in [9.17, 15) is 9.59 Å². The van der Waals surface area contributed by atoms with Crippen LogP contribution in [0.1, 0.15) is 33.5 Å². The van der Waals surface area contributed by atoms with Crippen LogP contribution < -0.4 is 19.5 Å². The van der Waals surface area contributed by atoms with Crippen LogP contribution in [0.15, 0.2) is 36.9 Å². The maximum atomic E-state index is 12.8. The fraction of sp³-hybridized carbons (Fsp3) is 0.273. The van der Waals surface area contributed by atoms with Gasteiger partial charge in [0, 0.05) is 31.6 Å². The van der Waals surface area contributed by atoms with Gasteiger partial charge in [0.05, 0.1) is 31.9 Å². The van der Waals surface area contributed by atoms with Gasteiger partial charge in [0.1, 0.15) is 17.6 Å². The molecule has 0 saturated carbocycles. The summed E-state index contributed by atoms with van der Waals surface area (Å²) in [6, 6.07) is 3.28. The molecule has 11 nitrogen and oxygen atoms in total. The smallest absolute Gasteiger partial charge is 0.291 e. The molecule has 0 saturated heterocycles. The normalized spacial score (nSPS) is 14.1. The highest BCUT2D eigenvalue weighted by molar-refractivity contribution is 6.04. The molecular formula is C22H22N6O5. The van der Waals surface area contributed by atoms with Crippen LogP contribution in [0, 0.1) is 0 Å². The Kier molecular flexibility index (Phi) is 6.03. The minimum Gasteiger partial charge on any atom is -0.490 e. The highest BCUT2D eigenvalue weighted by atomic mass is 16.5. The molecule has 0 fully saturated rings. The van der Waals surface area contributed by atoms with Crippen molar-refractivity contribution >= 4 is 17.6 Å². The number of rotatable bonds is 6. The van der Waals surface area contributed by atoms with Crippen molar-refractivity contribution in [3.8, 4) is 23.1 Å². The number of amides is 2. The molecule has 2 aromatic heterocycles. The average molecular weight is 450 g/mol. The standard InChI is InChI=1S/C22H22N6O5/c1-12-5-15-16(32-12)6-13(21(29)27-18-10-24-19(31-4)11-23-18)7-17(15)33-14-8-25-20(26-9-14)22(30)28(2)3/h6-12H,5H2,1-4H3,(H,23,27,29). The minimum absolute atomic E-state index is 0.0586. The predicted octanol–water partition coefficient (Wildman–Crippen LogP) is 2.34. The van der Waals surface area contributed by atoms with E-state index in [2.05, 4.69) is 25.3 Å². The van der Waals surface area contributed by atoms with Crippen LogP contribution in [0.3, 0.4) is 0 Å². The molecule has 1 atom stereocenters. The molecule has 4 rings (SSSR count). The van der Waals surface area contributed by atoms with Crippen molar-refractivity contribution in [2.45, 2.75) is 19.4 Å². The zero-order chi connectivity index (χ0) is 23.5. The summed E-state index contributed by atoms with van der Waals surface area (Å²) in [7, 11) is 4.72. The highest BCUT2D eigenvalue weighted by Gasteiger charge is 2.26. The molecule has 0 bridgehead atoms. The molecule has 1 aromatic carbocycles. The lowest BCUT2D eigenvalue weighted by atomic mass is 10.1. The Labute approximate surface area is 189 Å². The van der Waals surface area contributed by atoms with Gasteiger partial charge in [-0.1, -0.05) is 0 Å². The summed E-state index contributed by atoms with van der Waals surface area (Å²) in [4.78, 5) is 42.5. The Bertz CT molecular complexity index is 1180. The largest absolute Gasteiger partial charge is 0.490 e. The highest BCUT2D eigenvalue weighted by Crippen LogP contribution is 2.39. The maximum absolute atomic E-state index is 12.8. The van der Waals surface area contributed by atoms with Crippen LogP contribution in [-0.2, 0) is 6.42 Å². The number of methoxy groups -OCH3 is 1. The topological polar surface area (TPSA) is 129 Å². The van der Waals surface area contributed by atoms with Crippen molar-refractivity contribution in [2.24, 2.45) is 0 Å². The van der Waals surface area contributed by atoms with Crippen LogP contribution in [0.4, 0.5) is 5.82 Å². The lowest BCUT2D eigenvalue weighted by molar-refractivity contribution is 0.0815. The number of carbonyl (C=O) groups excluding carboxylic acids is 2. The number of nitrogens with zero attached hydrogens (tertiary/aromatic N) is 5. The molecule has 11 heteroatoms. The first-order chi connectivity index (χ1) is 15.8. The first-order valence-corrected chi connectivity index (χ1v) is 10.1. The van der Waals surface area contributed by atoms with Gasteiger partial charge in [0.25, 0.3) is 11.8 Å². The molecule has 2 amide bonds. The molecule has 0 aliphatic carbocycles. The number of ether oxygens (including phenoxy) is 3. The number of carbonyl (C=O) groups is 2. The van der Waals surface area contributed by atoms with Crippen LogP contribution >= 0.6 is 0 Å². The van der Waals surface area contributed by atoms with E-state index in [-0.39, 0.29) is 23.7 Å². The van der Waals surface area contributed by atoms with E-state index in [4.69, 9.17) is 14.2 Å². The summed E-state index contributed by atoms with van der Waals surface area (Å²) < 4.78 is 16.8. The van der Waals surface area contributed by atoms with E-state index in [1.54, 1.807) is 26.2 Å². The van der Waals surface area contributed by atoms with Gasteiger partial charge in [-0.15, -0.1) is 0 Å². The zero-order valence-corrected chi connectivity index (χ0v) is 18.5. The van der Waals surface area contributed by atoms with Crippen LogP contribution in [-0.4, -0.2) is 64.0 Å². The molecule has 3 heterocycles. The minimum atomic E-state index is -0.409. The monoisotopic (exact) mass is 450 g/mol. The van der Waals surface area contributed by atoms with Crippen LogP contribution in [0.5, 0.6) is 23.1 Å². The molecule has 0 radical (unpaired) electrons. The second kappa shape index (κ2) is 9.07. The number of aromatic nitrogens is 4. The third kappa shape index (κ3) is 4.81. The summed E-state index contributed by atoms with van der Waals surface area (Å²) in [5.74, 6) is 1.27. The van der Waals surface area contributed by atoms with Crippen molar-refractivity contribution in [1.82, 2.24) is 24.8 Å². The van der Waals surface area contributed by atoms with Gasteiger partial charge in [0.15, 0.2) is 11.6 Å². The molecule has 1 unspecified atom stereocenters. The van der Waals surface area contributed by atoms with Gasteiger partial charge in [0.2, 0.25) is 11.7 Å². The SMILES string of the molecule is COc1cnc(NC(=O)c2cc(Oc3cnc(C(=O)N(C)C)nc3)c3c(c2)OC(C)C3)cn1. The fourth-order valence-electron chi connectivity index (χ4n) is 3.18. The summed E-state index contributed by atoms with van der Waals surface area (Å²) in [6.45, 7) is 1.93. The second-order valence-electron chi connectivity index (χ2n) is 7.53. The van der Waals surface area contributed by atoms with E-state index >= 15 is 0 Å². The quantitative estimate of drug-likeness (QED) is 0.601. The molecule has 170 valence electrons. The average Bonchev–Trinajstić information content (AvgIpc) is 3.20. The Morgan fingerprint density at radius 3 is 2.48 bits per heavy atom. The summed E-state index contributed by atoms with van der Waals surface area (Å²) >= 11 is 0. The number of hydrogen-bond acceptors (Lipinski definition) is 9. The van der Waals surface area contributed by atoms with E-state index in [0.717, 1.165) is 5.56 Å². The van der Waals surface area contributed by atoms with Gasteiger partial charge in [-0.25, -0.2) is 19.9 Å². The lowest BCUT2D eigenvalue weighted by Crippen LogP contribution is -2.23. The molecular weight excluding hydrogens is 428 g/mol. The molecule has 1 N–H and O–H groups in total. The van der Waals surface area contributed by atoms with Crippen molar-refractivity contribution in [1.29, 1.82) is 0 Å². The second-order valence-corrected chi connectivity index (χ2v) is 7.53. The van der Waals surface area contributed by atoms with Crippen LogP contribution in [0.2, 0.25) is 0 Å². The Morgan fingerprint density at radius 1 is 1.09 bits per heavy atom. The van der Waals surface area contributed by atoms with E-state index in [1.807, 2.05) is 6.92 Å². The molecule has 0 spiro atoms. The van der Waals surface area contributed by atoms with Crippen molar-refractivity contribution in [3.63, 3.8) is 0 Å². The summed E-state index contributed by atoms with van der Waals surface area (Å²) in [5, 5.41) is 2.69. The number of nitrogens with one attached hydrogen (secondary N) is 1. The number of benzene rings is 1. The van der Waals surface area contributed by atoms with E-state index in [0.29, 0.717) is 35.1 Å². The van der Waals surface area contributed by atoms with E-state index in [1.165, 1.54) is 36.8 Å². The van der Waals surface area contributed by atoms with Gasteiger partial charge >= 0.3 is 0 Å². The third-order valence-corrected chi connectivity index (χ3v) is 4.78. The number of fused-ring (bicyclic) bond motifs is 1. The maximum Gasteiger partial charge on any atom is 0.291 e. The van der Waals surface area contributed by atoms with Gasteiger partial charge in [-0.05, 0) is 19.1 Å². The predicted molar refractivity (Wildman–Crippen MR) is 117 cm³/mol. The zero-order valence-electron chi connectivity index (χ0n) is 18.5. The third-order valence-electron chi connectivity index (χ3n) is 4.78. The first-order valence-electron chi connectivity index (χ1n) is 10.1. The van der Waals surface area contributed by atoms with Crippen molar-refractivity contribution in [3.05, 3.63) is 53.9 Å².